The Hall–Kier alpha value is -2.95. The minimum absolute atomic E-state index is 0.118. The molecule has 4 rings (SSSR count). The summed E-state index contributed by atoms with van der Waals surface area (Å²) in [6.45, 7) is 2.06. The molecular formula is C19H18N4O. The molecule has 120 valence electrons. The van der Waals surface area contributed by atoms with E-state index in [1.54, 1.807) is 6.20 Å². The summed E-state index contributed by atoms with van der Waals surface area (Å²) in [6, 6.07) is 12.0. The van der Waals surface area contributed by atoms with Crippen LogP contribution in [0.2, 0.25) is 0 Å². The summed E-state index contributed by atoms with van der Waals surface area (Å²) in [4.78, 5) is 20.3. The van der Waals surface area contributed by atoms with E-state index in [1.807, 2.05) is 36.4 Å². The van der Waals surface area contributed by atoms with Gasteiger partial charge in [-0.05, 0) is 60.7 Å². The lowest BCUT2D eigenvalue weighted by Crippen LogP contribution is -2.13. The number of aryl methyl sites for hydroxylation is 1. The number of carbonyl (C=O) groups is 1. The van der Waals surface area contributed by atoms with E-state index in [9.17, 15) is 4.79 Å². The van der Waals surface area contributed by atoms with Gasteiger partial charge in [0.2, 0.25) is 11.9 Å². The summed E-state index contributed by atoms with van der Waals surface area (Å²) in [5, 5.41) is 3.94. The number of amides is 1. The summed E-state index contributed by atoms with van der Waals surface area (Å²) >= 11 is 0. The lowest BCUT2D eigenvalue weighted by molar-refractivity contribution is -0.117. The number of fused-ring (bicyclic) bond motifs is 1. The summed E-state index contributed by atoms with van der Waals surface area (Å²) in [7, 11) is 0. The number of hydrogen-bond donors (Lipinski definition) is 2. The summed E-state index contributed by atoms with van der Waals surface area (Å²) in [5.74, 6) is 0.585. The Kier molecular flexibility index (Phi) is 3.41. The van der Waals surface area contributed by atoms with Crippen LogP contribution in [0.1, 0.15) is 18.4 Å². The van der Waals surface area contributed by atoms with Crippen molar-refractivity contribution in [3.8, 4) is 11.1 Å². The van der Waals surface area contributed by atoms with E-state index in [-0.39, 0.29) is 17.8 Å². The van der Waals surface area contributed by atoms with Gasteiger partial charge >= 0.3 is 0 Å². The maximum atomic E-state index is 12.0. The van der Waals surface area contributed by atoms with Crippen molar-refractivity contribution in [2.24, 2.45) is 5.92 Å². The van der Waals surface area contributed by atoms with Gasteiger partial charge in [-0.15, -0.1) is 0 Å². The van der Waals surface area contributed by atoms with Crippen LogP contribution >= 0.6 is 0 Å². The highest BCUT2D eigenvalue weighted by atomic mass is 16.2. The van der Waals surface area contributed by atoms with Gasteiger partial charge in [0.25, 0.3) is 0 Å². The number of nitrogens with two attached hydrogens (primary N) is 1. The van der Waals surface area contributed by atoms with Crippen LogP contribution < -0.4 is 11.1 Å². The van der Waals surface area contributed by atoms with Crippen molar-refractivity contribution in [3.05, 3.63) is 48.2 Å². The quantitative estimate of drug-likeness (QED) is 0.774. The molecule has 0 aliphatic heterocycles. The van der Waals surface area contributed by atoms with Crippen LogP contribution in [0.25, 0.3) is 22.0 Å². The van der Waals surface area contributed by atoms with Gasteiger partial charge in [-0.2, -0.15) is 0 Å². The maximum absolute atomic E-state index is 12.0. The van der Waals surface area contributed by atoms with Gasteiger partial charge in [0.05, 0.1) is 5.52 Å². The molecule has 5 heteroatoms. The number of hydrogen-bond acceptors (Lipinski definition) is 4. The van der Waals surface area contributed by atoms with Crippen LogP contribution in [0.4, 0.5) is 11.6 Å². The van der Waals surface area contributed by atoms with Crippen LogP contribution in [-0.2, 0) is 4.79 Å². The summed E-state index contributed by atoms with van der Waals surface area (Å²) in [6.07, 6.45) is 3.73. The maximum Gasteiger partial charge on any atom is 0.227 e. The molecule has 5 nitrogen and oxygen atoms in total. The predicted octanol–water partition coefficient (Wildman–Crippen LogP) is 3.54. The number of nitrogens with one attached hydrogen (secondary N) is 1. The van der Waals surface area contributed by atoms with E-state index >= 15 is 0 Å². The second kappa shape index (κ2) is 5.60. The summed E-state index contributed by atoms with van der Waals surface area (Å²) < 4.78 is 0. The molecule has 2 aromatic carbocycles. The molecule has 0 atom stereocenters. The molecule has 0 spiro atoms. The number of aromatic nitrogens is 2. The number of benzene rings is 2. The first kappa shape index (κ1) is 14.6. The molecule has 0 unspecified atom stereocenters. The highest BCUT2D eigenvalue weighted by molar-refractivity contribution is 5.95. The highest BCUT2D eigenvalue weighted by Crippen LogP contribution is 2.32. The molecule has 1 aromatic heterocycles. The lowest BCUT2D eigenvalue weighted by atomic mass is 9.98. The Morgan fingerprint density at radius 1 is 1.21 bits per heavy atom. The Bertz CT molecular complexity index is 947. The minimum Gasteiger partial charge on any atom is -0.368 e. The first-order valence-corrected chi connectivity index (χ1v) is 8.04. The van der Waals surface area contributed by atoms with E-state index < -0.39 is 0 Å². The SMILES string of the molecule is Cc1ccc(NC(=O)C2CC2)cc1-c1ccc2nc(N)ncc2c1. The molecule has 1 heterocycles. The topological polar surface area (TPSA) is 80.9 Å². The monoisotopic (exact) mass is 318 g/mol. The van der Waals surface area contributed by atoms with Gasteiger partial charge in [0, 0.05) is 23.2 Å². The normalized spacial score (nSPS) is 13.9. The number of carbonyl (C=O) groups excluding carboxylic acids is 1. The van der Waals surface area contributed by atoms with Gasteiger partial charge in [-0.25, -0.2) is 9.97 Å². The lowest BCUT2D eigenvalue weighted by Gasteiger charge is -2.11. The third kappa shape index (κ3) is 2.80. The Morgan fingerprint density at radius 2 is 2.04 bits per heavy atom. The number of anilines is 2. The van der Waals surface area contributed by atoms with Crippen molar-refractivity contribution in [1.82, 2.24) is 9.97 Å². The summed E-state index contributed by atoms with van der Waals surface area (Å²) in [5.41, 5.74) is 10.6. The van der Waals surface area contributed by atoms with Crippen molar-refractivity contribution >= 4 is 28.4 Å². The molecule has 0 saturated heterocycles. The standard InChI is InChI=1S/C19H18N4O/c1-11-2-6-15(22-18(24)12-3-4-12)9-16(11)13-5-7-17-14(8-13)10-21-19(20)23-17/h2,5-10,12H,3-4H2,1H3,(H,22,24)(H2,20,21,23). The molecule has 0 bridgehead atoms. The smallest absolute Gasteiger partial charge is 0.227 e. The van der Waals surface area contributed by atoms with Crippen LogP contribution in [0.5, 0.6) is 0 Å². The van der Waals surface area contributed by atoms with Crippen LogP contribution in [0.3, 0.4) is 0 Å². The second-order valence-corrected chi connectivity index (χ2v) is 6.30. The molecule has 1 saturated carbocycles. The zero-order chi connectivity index (χ0) is 16.7. The fraction of sp³-hybridized carbons (Fsp3) is 0.211. The molecule has 1 aliphatic carbocycles. The molecule has 3 N–H and O–H groups in total. The Labute approximate surface area is 139 Å². The van der Waals surface area contributed by atoms with Gasteiger partial charge in [0.15, 0.2) is 0 Å². The predicted molar refractivity (Wildman–Crippen MR) is 95.5 cm³/mol. The highest BCUT2D eigenvalue weighted by Gasteiger charge is 2.29. The molecule has 0 radical (unpaired) electrons. The zero-order valence-corrected chi connectivity index (χ0v) is 13.4. The van der Waals surface area contributed by atoms with E-state index in [0.717, 1.165) is 46.1 Å². The average Bonchev–Trinajstić information content (AvgIpc) is 3.41. The fourth-order valence-electron chi connectivity index (χ4n) is 2.82. The van der Waals surface area contributed by atoms with Crippen molar-refractivity contribution in [3.63, 3.8) is 0 Å². The van der Waals surface area contributed by atoms with Crippen LogP contribution in [0, 0.1) is 12.8 Å². The molecular weight excluding hydrogens is 300 g/mol. The van der Waals surface area contributed by atoms with E-state index in [1.165, 1.54) is 0 Å². The molecule has 1 aliphatic rings. The van der Waals surface area contributed by atoms with E-state index in [4.69, 9.17) is 5.73 Å². The fourth-order valence-corrected chi connectivity index (χ4v) is 2.82. The van der Waals surface area contributed by atoms with Crippen molar-refractivity contribution in [2.45, 2.75) is 19.8 Å². The zero-order valence-electron chi connectivity index (χ0n) is 13.4. The van der Waals surface area contributed by atoms with Gasteiger partial charge in [-0.1, -0.05) is 12.1 Å². The average molecular weight is 318 g/mol. The minimum atomic E-state index is 0.118. The van der Waals surface area contributed by atoms with Gasteiger partial charge in [0.1, 0.15) is 0 Å². The van der Waals surface area contributed by atoms with Crippen molar-refractivity contribution < 1.29 is 4.79 Å². The third-order valence-corrected chi connectivity index (χ3v) is 4.36. The molecule has 1 fully saturated rings. The molecule has 3 aromatic rings. The number of rotatable bonds is 3. The Morgan fingerprint density at radius 3 is 2.83 bits per heavy atom. The van der Waals surface area contributed by atoms with Crippen LogP contribution in [-0.4, -0.2) is 15.9 Å². The Balaban J connectivity index is 1.71. The molecule has 1 amide bonds. The van der Waals surface area contributed by atoms with Crippen LogP contribution in [0.15, 0.2) is 42.6 Å². The van der Waals surface area contributed by atoms with Gasteiger partial charge < -0.3 is 11.1 Å². The third-order valence-electron chi connectivity index (χ3n) is 4.36. The van der Waals surface area contributed by atoms with E-state index in [0.29, 0.717) is 0 Å². The number of nitrogen functional groups attached to an aromatic ring is 1. The van der Waals surface area contributed by atoms with Crippen molar-refractivity contribution in [2.75, 3.05) is 11.1 Å². The first-order chi connectivity index (χ1) is 11.6. The second-order valence-electron chi connectivity index (χ2n) is 6.30. The largest absolute Gasteiger partial charge is 0.368 e. The van der Waals surface area contributed by atoms with Crippen molar-refractivity contribution in [1.29, 1.82) is 0 Å². The van der Waals surface area contributed by atoms with E-state index in [2.05, 4.69) is 22.2 Å². The first-order valence-electron chi connectivity index (χ1n) is 8.04. The van der Waals surface area contributed by atoms with Gasteiger partial charge in [-0.3, -0.25) is 4.79 Å². The number of nitrogens with zero attached hydrogens (tertiary/aromatic N) is 2. The molecule has 24 heavy (non-hydrogen) atoms.